The van der Waals surface area contributed by atoms with E-state index in [2.05, 4.69) is 67.1 Å². The molecule has 1 nitrogen and oxygen atoms in total. The Bertz CT molecular complexity index is 380. The number of anilines is 2. The summed E-state index contributed by atoms with van der Waals surface area (Å²) >= 11 is 0. The van der Waals surface area contributed by atoms with Crippen LogP contribution in [0.1, 0.15) is 6.92 Å². The standard InChI is InChI=1S/C13H13N.C3H6/c1-14(12-8-4-2-5-9-12)13-10-6-3-7-11-13;1-3-2/h2-11H,1H3;3H,1H2,2H3. The van der Waals surface area contributed by atoms with E-state index in [1.807, 2.05) is 19.1 Å². The maximum absolute atomic E-state index is 3.36. The largest absolute Gasteiger partial charge is 0.345 e. The third-order valence-corrected chi connectivity index (χ3v) is 2.29. The molecule has 0 radical (unpaired) electrons. The summed E-state index contributed by atoms with van der Waals surface area (Å²) in [5.41, 5.74) is 2.41. The molecule has 17 heavy (non-hydrogen) atoms. The van der Waals surface area contributed by atoms with E-state index in [4.69, 9.17) is 0 Å². The van der Waals surface area contributed by atoms with Crippen molar-refractivity contribution in [3.05, 3.63) is 73.3 Å². The lowest BCUT2D eigenvalue weighted by atomic mass is 10.2. The summed E-state index contributed by atoms with van der Waals surface area (Å²) in [4.78, 5) is 2.17. The van der Waals surface area contributed by atoms with Crippen LogP contribution in [0, 0.1) is 0 Å². The monoisotopic (exact) mass is 225 g/mol. The number of benzene rings is 2. The average Bonchev–Trinajstić information content (AvgIpc) is 2.41. The fraction of sp³-hybridized carbons (Fsp3) is 0.125. The van der Waals surface area contributed by atoms with Gasteiger partial charge in [0, 0.05) is 18.4 Å². The molecule has 0 atom stereocenters. The first-order valence-corrected chi connectivity index (χ1v) is 5.70. The molecule has 0 aliphatic carbocycles. The number of nitrogens with zero attached hydrogens (tertiary/aromatic N) is 1. The maximum atomic E-state index is 3.36. The van der Waals surface area contributed by atoms with Gasteiger partial charge in [-0.05, 0) is 31.2 Å². The predicted octanol–water partition coefficient (Wildman–Crippen LogP) is 4.65. The second kappa shape index (κ2) is 7.29. The van der Waals surface area contributed by atoms with Crippen LogP contribution in [0.5, 0.6) is 0 Å². The van der Waals surface area contributed by atoms with E-state index in [1.54, 1.807) is 6.08 Å². The minimum atomic E-state index is 1.21. The van der Waals surface area contributed by atoms with Gasteiger partial charge in [-0.3, -0.25) is 0 Å². The highest BCUT2D eigenvalue weighted by atomic mass is 15.1. The Morgan fingerprint density at radius 2 is 1.12 bits per heavy atom. The van der Waals surface area contributed by atoms with Crippen molar-refractivity contribution in [2.75, 3.05) is 11.9 Å². The number of rotatable bonds is 2. The Morgan fingerprint density at radius 3 is 1.41 bits per heavy atom. The normalized spacial score (nSPS) is 8.82. The van der Waals surface area contributed by atoms with Gasteiger partial charge in [-0.15, -0.1) is 6.58 Å². The Kier molecular flexibility index (Phi) is 5.59. The highest BCUT2D eigenvalue weighted by Gasteiger charge is 2.00. The number of para-hydroxylation sites is 2. The molecular formula is C16H19N. The highest BCUT2D eigenvalue weighted by molar-refractivity contribution is 5.61. The zero-order valence-corrected chi connectivity index (χ0v) is 10.5. The molecule has 0 aliphatic heterocycles. The van der Waals surface area contributed by atoms with E-state index in [0.29, 0.717) is 0 Å². The third kappa shape index (κ3) is 4.15. The van der Waals surface area contributed by atoms with Crippen LogP contribution in [0.15, 0.2) is 73.3 Å². The highest BCUT2D eigenvalue weighted by Crippen LogP contribution is 2.21. The summed E-state index contributed by atoms with van der Waals surface area (Å²) in [6.07, 6.45) is 1.75. The molecule has 0 aromatic heterocycles. The molecule has 0 fully saturated rings. The van der Waals surface area contributed by atoms with Gasteiger partial charge in [0.1, 0.15) is 0 Å². The molecule has 0 amide bonds. The zero-order valence-electron chi connectivity index (χ0n) is 10.5. The van der Waals surface area contributed by atoms with E-state index < -0.39 is 0 Å². The Morgan fingerprint density at radius 1 is 0.824 bits per heavy atom. The molecule has 0 N–H and O–H groups in total. The van der Waals surface area contributed by atoms with Crippen LogP contribution >= 0.6 is 0 Å². The van der Waals surface area contributed by atoms with Crippen LogP contribution in [0.4, 0.5) is 11.4 Å². The first kappa shape index (κ1) is 13.0. The van der Waals surface area contributed by atoms with Crippen molar-refractivity contribution in [1.29, 1.82) is 0 Å². The third-order valence-electron chi connectivity index (χ3n) is 2.29. The molecule has 2 aromatic rings. The molecule has 0 spiro atoms. The molecular weight excluding hydrogens is 206 g/mol. The van der Waals surface area contributed by atoms with Gasteiger partial charge < -0.3 is 4.90 Å². The van der Waals surface area contributed by atoms with Crippen LogP contribution in [0.25, 0.3) is 0 Å². The second-order valence-corrected chi connectivity index (χ2v) is 3.64. The number of allylic oxidation sites excluding steroid dienone is 1. The minimum Gasteiger partial charge on any atom is -0.345 e. The lowest BCUT2D eigenvalue weighted by Crippen LogP contribution is -2.08. The van der Waals surface area contributed by atoms with Crippen molar-refractivity contribution < 1.29 is 0 Å². The average molecular weight is 225 g/mol. The molecule has 0 saturated heterocycles. The molecule has 88 valence electrons. The summed E-state index contributed by atoms with van der Waals surface area (Å²) in [5, 5.41) is 0. The second-order valence-electron chi connectivity index (χ2n) is 3.64. The van der Waals surface area contributed by atoms with Crippen molar-refractivity contribution in [3.63, 3.8) is 0 Å². The van der Waals surface area contributed by atoms with Gasteiger partial charge in [-0.25, -0.2) is 0 Å². The summed E-state index contributed by atoms with van der Waals surface area (Å²) in [7, 11) is 2.07. The number of hydrogen-bond acceptors (Lipinski definition) is 1. The van der Waals surface area contributed by atoms with Gasteiger partial charge in [0.05, 0.1) is 0 Å². The Balaban J connectivity index is 0.000000437. The van der Waals surface area contributed by atoms with E-state index in [1.165, 1.54) is 11.4 Å². The summed E-state index contributed by atoms with van der Waals surface area (Å²) < 4.78 is 0. The lowest BCUT2D eigenvalue weighted by Gasteiger charge is -2.18. The minimum absolute atomic E-state index is 1.21. The topological polar surface area (TPSA) is 3.24 Å². The van der Waals surface area contributed by atoms with Crippen molar-refractivity contribution in [3.8, 4) is 0 Å². The van der Waals surface area contributed by atoms with Gasteiger partial charge in [0.2, 0.25) is 0 Å². The van der Waals surface area contributed by atoms with Crippen molar-refractivity contribution in [2.45, 2.75) is 6.92 Å². The Hall–Kier alpha value is -2.02. The first-order valence-electron chi connectivity index (χ1n) is 5.70. The molecule has 1 heteroatoms. The molecule has 0 saturated carbocycles. The van der Waals surface area contributed by atoms with Crippen LogP contribution in [0.2, 0.25) is 0 Å². The van der Waals surface area contributed by atoms with Crippen molar-refractivity contribution in [2.24, 2.45) is 0 Å². The fourth-order valence-electron chi connectivity index (χ4n) is 1.45. The maximum Gasteiger partial charge on any atom is 0.0408 e. The SMILES string of the molecule is C=CC.CN(c1ccccc1)c1ccccc1. The smallest absolute Gasteiger partial charge is 0.0408 e. The van der Waals surface area contributed by atoms with E-state index in [0.717, 1.165) is 0 Å². The zero-order chi connectivity index (χ0) is 12.5. The quantitative estimate of drug-likeness (QED) is 0.673. The van der Waals surface area contributed by atoms with Crippen LogP contribution < -0.4 is 4.90 Å². The fourth-order valence-corrected chi connectivity index (χ4v) is 1.45. The van der Waals surface area contributed by atoms with Crippen LogP contribution in [0.3, 0.4) is 0 Å². The summed E-state index contributed by atoms with van der Waals surface area (Å²) in [6.45, 7) is 5.25. The molecule has 0 aliphatic rings. The van der Waals surface area contributed by atoms with Crippen molar-refractivity contribution >= 4 is 11.4 Å². The van der Waals surface area contributed by atoms with E-state index in [-0.39, 0.29) is 0 Å². The van der Waals surface area contributed by atoms with E-state index >= 15 is 0 Å². The van der Waals surface area contributed by atoms with Crippen LogP contribution in [-0.2, 0) is 0 Å². The predicted molar refractivity (Wildman–Crippen MR) is 76.8 cm³/mol. The van der Waals surface area contributed by atoms with E-state index in [9.17, 15) is 0 Å². The summed E-state index contributed by atoms with van der Waals surface area (Å²) in [6, 6.07) is 20.7. The molecule has 2 aromatic carbocycles. The van der Waals surface area contributed by atoms with Gasteiger partial charge in [0.15, 0.2) is 0 Å². The molecule has 0 bridgehead atoms. The van der Waals surface area contributed by atoms with Gasteiger partial charge in [0.25, 0.3) is 0 Å². The van der Waals surface area contributed by atoms with Gasteiger partial charge in [-0.1, -0.05) is 42.5 Å². The van der Waals surface area contributed by atoms with Crippen molar-refractivity contribution in [1.82, 2.24) is 0 Å². The lowest BCUT2D eigenvalue weighted by molar-refractivity contribution is 1.21. The molecule has 2 rings (SSSR count). The van der Waals surface area contributed by atoms with Gasteiger partial charge in [-0.2, -0.15) is 0 Å². The molecule has 0 heterocycles. The summed E-state index contributed by atoms with van der Waals surface area (Å²) in [5.74, 6) is 0. The van der Waals surface area contributed by atoms with Crippen LogP contribution in [-0.4, -0.2) is 7.05 Å². The first-order chi connectivity index (χ1) is 8.29. The number of hydrogen-bond donors (Lipinski definition) is 0. The molecule has 0 unspecified atom stereocenters. The Labute approximate surface area is 104 Å². The van der Waals surface area contributed by atoms with Gasteiger partial charge >= 0.3 is 0 Å².